The Morgan fingerprint density at radius 1 is 1.31 bits per heavy atom. The van der Waals surface area contributed by atoms with Crippen molar-refractivity contribution in [3.05, 3.63) is 23.9 Å². The maximum Gasteiger partial charge on any atom is 0.128 e. The first-order valence-electron chi connectivity index (χ1n) is 6.04. The third-order valence-electron chi connectivity index (χ3n) is 3.61. The molecule has 3 atom stereocenters. The standard InChI is InChI=1S/C13H21N3/c1-9-7-16(8-10(9)2)13-5-4-12(6-15-13)11(3)14/h4-6,9-11H,7-8,14H2,1-3H3. The predicted molar refractivity (Wildman–Crippen MR) is 67.4 cm³/mol. The Hall–Kier alpha value is -1.09. The van der Waals surface area contributed by atoms with E-state index in [1.54, 1.807) is 0 Å². The lowest BCUT2D eigenvalue weighted by Gasteiger charge is -2.17. The highest BCUT2D eigenvalue weighted by Crippen LogP contribution is 2.26. The zero-order valence-corrected chi connectivity index (χ0v) is 10.4. The summed E-state index contributed by atoms with van der Waals surface area (Å²) in [7, 11) is 0. The average Bonchev–Trinajstić information content (AvgIpc) is 2.59. The number of hydrogen-bond donors (Lipinski definition) is 1. The molecule has 0 radical (unpaired) electrons. The molecule has 2 heterocycles. The third-order valence-corrected chi connectivity index (χ3v) is 3.61. The van der Waals surface area contributed by atoms with Crippen LogP contribution in [0.15, 0.2) is 18.3 Å². The molecule has 1 saturated heterocycles. The van der Waals surface area contributed by atoms with Crippen molar-refractivity contribution in [1.29, 1.82) is 0 Å². The fourth-order valence-electron chi connectivity index (χ4n) is 2.17. The molecule has 88 valence electrons. The number of nitrogens with two attached hydrogens (primary N) is 1. The van der Waals surface area contributed by atoms with Gasteiger partial charge in [0.05, 0.1) is 0 Å². The summed E-state index contributed by atoms with van der Waals surface area (Å²) in [6.07, 6.45) is 1.90. The van der Waals surface area contributed by atoms with Gasteiger partial charge in [-0.2, -0.15) is 0 Å². The van der Waals surface area contributed by atoms with Crippen LogP contribution in [0.1, 0.15) is 32.4 Å². The van der Waals surface area contributed by atoms with Crippen LogP contribution in [0.5, 0.6) is 0 Å². The molecular weight excluding hydrogens is 198 g/mol. The van der Waals surface area contributed by atoms with Crippen molar-refractivity contribution in [2.24, 2.45) is 17.6 Å². The van der Waals surface area contributed by atoms with Crippen LogP contribution in [-0.4, -0.2) is 18.1 Å². The van der Waals surface area contributed by atoms with Crippen molar-refractivity contribution < 1.29 is 0 Å². The Balaban J connectivity index is 2.11. The van der Waals surface area contributed by atoms with E-state index in [9.17, 15) is 0 Å². The van der Waals surface area contributed by atoms with E-state index in [0.717, 1.165) is 36.3 Å². The van der Waals surface area contributed by atoms with Gasteiger partial charge in [-0.25, -0.2) is 4.98 Å². The van der Waals surface area contributed by atoms with Crippen molar-refractivity contribution in [3.8, 4) is 0 Å². The summed E-state index contributed by atoms with van der Waals surface area (Å²) in [4.78, 5) is 6.86. The molecule has 1 aliphatic rings. The topological polar surface area (TPSA) is 42.1 Å². The summed E-state index contributed by atoms with van der Waals surface area (Å²) < 4.78 is 0. The predicted octanol–water partition coefficient (Wildman–Crippen LogP) is 2.19. The molecular formula is C13H21N3. The zero-order valence-electron chi connectivity index (χ0n) is 10.4. The van der Waals surface area contributed by atoms with Crippen molar-refractivity contribution in [2.45, 2.75) is 26.8 Å². The van der Waals surface area contributed by atoms with Gasteiger partial charge in [-0.1, -0.05) is 19.9 Å². The minimum atomic E-state index is 0.0676. The lowest BCUT2D eigenvalue weighted by molar-refractivity contribution is 0.494. The normalized spacial score (nSPS) is 27.1. The van der Waals surface area contributed by atoms with E-state index < -0.39 is 0 Å². The largest absolute Gasteiger partial charge is 0.356 e. The van der Waals surface area contributed by atoms with Gasteiger partial charge in [0.1, 0.15) is 5.82 Å². The van der Waals surface area contributed by atoms with E-state index in [1.165, 1.54) is 0 Å². The van der Waals surface area contributed by atoms with Crippen molar-refractivity contribution in [3.63, 3.8) is 0 Å². The number of hydrogen-bond acceptors (Lipinski definition) is 3. The van der Waals surface area contributed by atoms with Crippen molar-refractivity contribution in [2.75, 3.05) is 18.0 Å². The number of aromatic nitrogens is 1. The molecule has 0 aromatic carbocycles. The maximum atomic E-state index is 5.81. The van der Waals surface area contributed by atoms with Gasteiger partial charge in [0.2, 0.25) is 0 Å². The Labute approximate surface area is 97.7 Å². The molecule has 0 aliphatic carbocycles. The van der Waals surface area contributed by atoms with Crippen LogP contribution < -0.4 is 10.6 Å². The van der Waals surface area contributed by atoms with Crippen molar-refractivity contribution in [1.82, 2.24) is 4.98 Å². The van der Waals surface area contributed by atoms with E-state index in [-0.39, 0.29) is 6.04 Å². The molecule has 0 spiro atoms. The highest BCUT2D eigenvalue weighted by molar-refractivity contribution is 5.41. The monoisotopic (exact) mass is 219 g/mol. The fraction of sp³-hybridized carbons (Fsp3) is 0.615. The van der Waals surface area contributed by atoms with Gasteiger partial charge in [0, 0.05) is 25.3 Å². The lowest BCUT2D eigenvalue weighted by Crippen LogP contribution is -2.20. The van der Waals surface area contributed by atoms with E-state index >= 15 is 0 Å². The second kappa shape index (κ2) is 4.42. The molecule has 1 aromatic heterocycles. The molecule has 1 fully saturated rings. The number of pyridine rings is 1. The van der Waals surface area contributed by atoms with E-state index in [4.69, 9.17) is 5.73 Å². The van der Waals surface area contributed by atoms with Crippen LogP contribution in [-0.2, 0) is 0 Å². The molecule has 3 unspecified atom stereocenters. The maximum absolute atomic E-state index is 5.81. The Morgan fingerprint density at radius 3 is 2.38 bits per heavy atom. The summed E-state index contributed by atoms with van der Waals surface area (Å²) in [5.41, 5.74) is 6.91. The van der Waals surface area contributed by atoms with Gasteiger partial charge in [-0.3, -0.25) is 0 Å². The van der Waals surface area contributed by atoms with Crippen LogP contribution in [0, 0.1) is 11.8 Å². The van der Waals surface area contributed by atoms with Crippen LogP contribution in [0.2, 0.25) is 0 Å². The minimum absolute atomic E-state index is 0.0676. The van der Waals surface area contributed by atoms with Gasteiger partial charge in [0.15, 0.2) is 0 Å². The summed E-state index contributed by atoms with van der Waals surface area (Å²) in [5.74, 6) is 2.60. The molecule has 1 aliphatic heterocycles. The first kappa shape index (κ1) is 11.4. The first-order chi connectivity index (χ1) is 7.58. The van der Waals surface area contributed by atoms with Gasteiger partial charge < -0.3 is 10.6 Å². The smallest absolute Gasteiger partial charge is 0.128 e. The van der Waals surface area contributed by atoms with Crippen LogP contribution >= 0.6 is 0 Å². The molecule has 3 heteroatoms. The quantitative estimate of drug-likeness (QED) is 0.829. The number of anilines is 1. The molecule has 0 amide bonds. The molecule has 3 nitrogen and oxygen atoms in total. The summed E-state index contributed by atoms with van der Waals surface area (Å²) >= 11 is 0. The summed E-state index contributed by atoms with van der Waals surface area (Å²) in [6, 6.07) is 4.24. The Morgan fingerprint density at radius 2 is 1.94 bits per heavy atom. The van der Waals surface area contributed by atoms with Gasteiger partial charge in [-0.05, 0) is 30.4 Å². The summed E-state index contributed by atoms with van der Waals surface area (Å²) in [6.45, 7) is 8.83. The van der Waals surface area contributed by atoms with Gasteiger partial charge >= 0.3 is 0 Å². The van der Waals surface area contributed by atoms with Crippen molar-refractivity contribution >= 4 is 5.82 Å². The molecule has 0 bridgehead atoms. The third kappa shape index (κ3) is 2.19. The van der Waals surface area contributed by atoms with Gasteiger partial charge in [0.25, 0.3) is 0 Å². The van der Waals surface area contributed by atoms with E-state index in [2.05, 4.69) is 35.9 Å². The Kier molecular flexibility index (Phi) is 3.15. The van der Waals surface area contributed by atoms with Gasteiger partial charge in [-0.15, -0.1) is 0 Å². The van der Waals surface area contributed by atoms with E-state index in [1.807, 2.05) is 13.1 Å². The average molecular weight is 219 g/mol. The second-order valence-electron chi connectivity index (χ2n) is 5.10. The van der Waals surface area contributed by atoms with E-state index in [0.29, 0.717) is 0 Å². The SMILES string of the molecule is CC(N)c1ccc(N2CC(C)C(C)C2)nc1. The molecule has 0 saturated carbocycles. The van der Waals surface area contributed by atoms with Crippen LogP contribution in [0.3, 0.4) is 0 Å². The first-order valence-corrected chi connectivity index (χ1v) is 6.04. The molecule has 2 rings (SSSR count). The number of nitrogens with zero attached hydrogens (tertiary/aromatic N) is 2. The fourth-order valence-corrected chi connectivity index (χ4v) is 2.17. The Bertz CT molecular complexity index is 335. The zero-order chi connectivity index (χ0) is 11.7. The highest BCUT2D eigenvalue weighted by atomic mass is 15.2. The molecule has 1 aromatic rings. The van der Waals surface area contributed by atoms with Crippen LogP contribution in [0.4, 0.5) is 5.82 Å². The second-order valence-corrected chi connectivity index (χ2v) is 5.10. The number of rotatable bonds is 2. The lowest BCUT2D eigenvalue weighted by atomic mass is 10.0. The highest BCUT2D eigenvalue weighted by Gasteiger charge is 2.26. The summed E-state index contributed by atoms with van der Waals surface area (Å²) in [5, 5.41) is 0. The van der Waals surface area contributed by atoms with Crippen LogP contribution in [0.25, 0.3) is 0 Å². The minimum Gasteiger partial charge on any atom is -0.356 e. The molecule has 16 heavy (non-hydrogen) atoms. The molecule has 2 N–H and O–H groups in total.